The second kappa shape index (κ2) is 7.21. The first-order valence-electron chi connectivity index (χ1n) is 6.73. The molecule has 0 aliphatic heterocycles. The fourth-order valence-corrected chi connectivity index (χ4v) is 2.63. The average molecular weight is 338 g/mol. The van der Waals surface area contributed by atoms with Crippen molar-refractivity contribution in [3.63, 3.8) is 0 Å². The summed E-state index contributed by atoms with van der Waals surface area (Å²) in [7, 11) is -3.93. The maximum Gasteiger partial charge on any atom is 0.269 e. The number of carbonyl (C=O) groups excluding carboxylic acids is 1. The third-order valence-corrected chi connectivity index (χ3v) is 4.11. The highest BCUT2D eigenvalue weighted by atomic mass is 32.2. The van der Waals surface area contributed by atoms with E-state index in [-0.39, 0.29) is 10.5 Å². The van der Waals surface area contributed by atoms with Crippen molar-refractivity contribution in [1.29, 1.82) is 0 Å². The Morgan fingerprint density at radius 1 is 1.17 bits per heavy atom. The van der Waals surface area contributed by atoms with Crippen LogP contribution in [0.25, 0.3) is 0 Å². The molecule has 23 heavy (non-hydrogen) atoms. The van der Waals surface area contributed by atoms with E-state index in [1.54, 1.807) is 25.1 Å². The van der Waals surface area contributed by atoms with Crippen LogP contribution in [-0.4, -0.2) is 20.9 Å². The zero-order chi connectivity index (χ0) is 16.9. The van der Waals surface area contributed by atoms with Gasteiger partial charge in [0.15, 0.2) is 0 Å². The summed E-state index contributed by atoms with van der Waals surface area (Å²) >= 11 is 0. The number of sulfonamides is 1. The fraction of sp³-hybridized carbons (Fsp3) is 0.133. The van der Waals surface area contributed by atoms with E-state index in [0.29, 0.717) is 12.4 Å². The van der Waals surface area contributed by atoms with Crippen molar-refractivity contribution in [3.8, 4) is 5.75 Å². The minimum Gasteiger partial charge on any atom is -0.494 e. The summed E-state index contributed by atoms with van der Waals surface area (Å²) in [5, 5.41) is 0. The molecule has 6 nitrogen and oxygen atoms in total. The van der Waals surface area contributed by atoms with Gasteiger partial charge in [-0.05, 0) is 37.3 Å². The van der Waals surface area contributed by atoms with E-state index in [1.807, 2.05) is 10.3 Å². The molecule has 0 unspecified atom stereocenters. The number of hydrogen-bond acceptors (Lipinski definition) is 4. The third kappa shape index (κ3) is 4.27. The monoisotopic (exact) mass is 338 g/mol. The zero-order valence-electron chi connectivity index (χ0n) is 12.2. The van der Waals surface area contributed by atoms with Crippen molar-refractivity contribution in [2.45, 2.75) is 11.8 Å². The molecule has 0 bridgehead atoms. The van der Waals surface area contributed by atoms with Crippen molar-refractivity contribution in [3.05, 3.63) is 59.9 Å². The number of ether oxygens (including phenoxy) is 1. The molecular weight excluding hydrogens is 323 g/mol. The van der Waals surface area contributed by atoms with Gasteiger partial charge in [0.25, 0.3) is 15.9 Å². The van der Waals surface area contributed by atoms with E-state index in [2.05, 4.69) is 0 Å². The Morgan fingerprint density at radius 3 is 2.52 bits per heavy atom. The molecule has 2 aromatic rings. The first-order valence-corrected chi connectivity index (χ1v) is 8.22. The van der Waals surface area contributed by atoms with Crippen LogP contribution in [0.15, 0.2) is 53.4 Å². The molecule has 0 aliphatic rings. The zero-order valence-corrected chi connectivity index (χ0v) is 13.1. The number of halogens is 1. The summed E-state index contributed by atoms with van der Waals surface area (Å²) in [5.74, 6) is -1.40. The molecule has 122 valence electrons. The summed E-state index contributed by atoms with van der Waals surface area (Å²) < 4.78 is 42.8. The standard InChI is InChI=1S/C15H15FN2O4S/c1-2-22-11-8-9-14(16)13(10-11)15(19)17-18-23(20,21)12-6-4-3-5-7-12/h3-10,18H,2H2,1H3,(H,17,19). The van der Waals surface area contributed by atoms with E-state index < -0.39 is 21.7 Å². The summed E-state index contributed by atoms with van der Waals surface area (Å²) in [6, 6.07) is 11.1. The summed E-state index contributed by atoms with van der Waals surface area (Å²) in [6.07, 6.45) is 0. The van der Waals surface area contributed by atoms with Crippen molar-refractivity contribution >= 4 is 15.9 Å². The second-order valence-electron chi connectivity index (χ2n) is 4.45. The van der Waals surface area contributed by atoms with Gasteiger partial charge in [-0.1, -0.05) is 18.2 Å². The Labute approximate surface area is 133 Å². The van der Waals surface area contributed by atoms with Gasteiger partial charge < -0.3 is 4.74 Å². The van der Waals surface area contributed by atoms with Crippen LogP contribution in [-0.2, 0) is 10.0 Å². The van der Waals surface area contributed by atoms with Crippen LogP contribution in [0.1, 0.15) is 17.3 Å². The molecule has 0 spiro atoms. The maximum atomic E-state index is 13.7. The minimum atomic E-state index is -3.93. The fourth-order valence-electron chi connectivity index (χ4n) is 1.77. The van der Waals surface area contributed by atoms with E-state index in [9.17, 15) is 17.6 Å². The number of carbonyl (C=O) groups is 1. The van der Waals surface area contributed by atoms with E-state index in [4.69, 9.17) is 4.74 Å². The molecule has 0 radical (unpaired) electrons. The third-order valence-electron chi connectivity index (χ3n) is 2.85. The quantitative estimate of drug-likeness (QED) is 0.787. The number of rotatable bonds is 6. The van der Waals surface area contributed by atoms with Gasteiger partial charge in [0, 0.05) is 0 Å². The molecule has 8 heteroatoms. The molecule has 0 aromatic heterocycles. The molecule has 2 aromatic carbocycles. The predicted molar refractivity (Wildman–Crippen MR) is 81.8 cm³/mol. The minimum absolute atomic E-state index is 0.0242. The lowest BCUT2D eigenvalue weighted by Crippen LogP contribution is -2.41. The van der Waals surface area contributed by atoms with Crippen LogP contribution < -0.4 is 15.0 Å². The van der Waals surface area contributed by atoms with Gasteiger partial charge in [-0.2, -0.15) is 0 Å². The summed E-state index contributed by atoms with van der Waals surface area (Å²) in [4.78, 5) is 13.9. The van der Waals surface area contributed by atoms with Crippen LogP contribution in [0, 0.1) is 5.82 Å². The van der Waals surface area contributed by atoms with E-state index >= 15 is 0 Å². The molecule has 0 saturated heterocycles. The van der Waals surface area contributed by atoms with E-state index in [1.165, 1.54) is 24.3 Å². The Balaban J connectivity index is 2.12. The molecule has 0 aliphatic carbocycles. The molecule has 2 rings (SSSR count). The van der Waals surface area contributed by atoms with Gasteiger partial charge in [0.1, 0.15) is 11.6 Å². The van der Waals surface area contributed by atoms with Crippen LogP contribution in [0.5, 0.6) is 5.75 Å². The Morgan fingerprint density at radius 2 is 1.87 bits per heavy atom. The van der Waals surface area contributed by atoms with Crippen molar-refractivity contribution in [2.75, 3.05) is 6.61 Å². The smallest absolute Gasteiger partial charge is 0.269 e. The number of nitrogens with one attached hydrogen (secondary N) is 2. The van der Waals surface area contributed by atoms with Crippen molar-refractivity contribution in [1.82, 2.24) is 10.3 Å². The van der Waals surface area contributed by atoms with Gasteiger partial charge in [-0.3, -0.25) is 10.2 Å². The number of hydrogen-bond donors (Lipinski definition) is 2. The lowest BCUT2D eigenvalue weighted by Gasteiger charge is -2.10. The highest BCUT2D eigenvalue weighted by Crippen LogP contribution is 2.17. The molecule has 0 saturated carbocycles. The molecule has 2 N–H and O–H groups in total. The van der Waals surface area contributed by atoms with Gasteiger partial charge in [-0.15, -0.1) is 4.83 Å². The predicted octanol–water partition coefficient (Wildman–Crippen LogP) is 1.85. The molecule has 1 amide bonds. The number of hydrazine groups is 1. The molecular formula is C15H15FN2O4S. The van der Waals surface area contributed by atoms with Gasteiger partial charge in [0.2, 0.25) is 0 Å². The Kier molecular flexibility index (Phi) is 5.30. The number of benzene rings is 2. The normalized spacial score (nSPS) is 11.0. The van der Waals surface area contributed by atoms with Gasteiger partial charge in [0.05, 0.1) is 17.1 Å². The number of amides is 1. The van der Waals surface area contributed by atoms with Crippen LogP contribution in [0.4, 0.5) is 4.39 Å². The largest absolute Gasteiger partial charge is 0.494 e. The van der Waals surface area contributed by atoms with E-state index in [0.717, 1.165) is 6.07 Å². The SMILES string of the molecule is CCOc1ccc(F)c(C(=O)NNS(=O)(=O)c2ccccc2)c1. The van der Waals surface area contributed by atoms with Crippen molar-refractivity contribution in [2.24, 2.45) is 0 Å². The van der Waals surface area contributed by atoms with Crippen LogP contribution in [0.3, 0.4) is 0 Å². The first kappa shape index (κ1) is 16.9. The Bertz CT molecular complexity index is 794. The molecule has 0 atom stereocenters. The maximum absolute atomic E-state index is 13.7. The van der Waals surface area contributed by atoms with Crippen LogP contribution in [0.2, 0.25) is 0 Å². The second-order valence-corrected chi connectivity index (χ2v) is 6.13. The lowest BCUT2D eigenvalue weighted by molar-refractivity contribution is 0.0940. The highest BCUT2D eigenvalue weighted by molar-refractivity contribution is 7.89. The topological polar surface area (TPSA) is 84.5 Å². The van der Waals surface area contributed by atoms with Crippen molar-refractivity contribution < 1.29 is 22.3 Å². The summed E-state index contributed by atoms with van der Waals surface area (Å²) in [6.45, 7) is 2.10. The molecule has 0 fully saturated rings. The van der Waals surface area contributed by atoms with Crippen LogP contribution >= 0.6 is 0 Å². The molecule has 0 heterocycles. The first-order chi connectivity index (χ1) is 10.9. The van der Waals surface area contributed by atoms with Gasteiger partial charge in [-0.25, -0.2) is 12.8 Å². The average Bonchev–Trinajstić information content (AvgIpc) is 2.55. The Hall–Kier alpha value is -2.45. The highest BCUT2D eigenvalue weighted by Gasteiger charge is 2.17. The lowest BCUT2D eigenvalue weighted by atomic mass is 10.2. The van der Waals surface area contributed by atoms with Gasteiger partial charge >= 0.3 is 0 Å². The summed E-state index contributed by atoms with van der Waals surface area (Å²) in [5.41, 5.74) is 1.65.